The van der Waals surface area contributed by atoms with Crippen LogP contribution in [0.1, 0.15) is 12.0 Å². The van der Waals surface area contributed by atoms with Gasteiger partial charge in [0.1, 0.15) is 11.5 Å². The third kappa shape index (κ3) is 6.57. The molecule has 0 saturated heterocycles. The van der Waals surface area contributed by atoms with Gasteiger partial charge in [0.25, 0.3) is 0 Å². The van der Waals surface area contributed by atoms with E-state index in [0.29, 0.717) is 23.6 Å². The molecule has 0 aromatic heterocycles. The minimum Gasteiger partial charge on any atom is -0.497 e. The number of nitrogens with one attached hydrogen (secondary N) is 2. The fraction of sp³-hybridized carbons (Fsp3) is 0.409. The van der Waals surface area contributed by atoms with Crippen LogP contribution in [-0.2, 0) is 11.2 Å². The lowest BCUT2D eigenvalue weighted by Crippen LogP contribution is -3.09. The third-order valence-electron chi connectivity index (χ3n) is 4.75. The van der Waals surface area contributed by atoms with Gasteiger partial charge in [0.15, 0.2) is 11.5 Å². The zero-order valence-corrected chi connectivity index (χ0v) is 17.8. The second-order valence-corrected chi connectivity index (χ2v) is 6.76. The van der Waals surface area contributed by atoms with Gasteiger partial charge in [-0.25, -0.2) is 0 Å². The fourth-order valence-corrected chi connectivity index (χ4v) is 2.96. The molecule has 0 aliphatic carbocycles. The minimum absolute atomic E-state index is 0.0427. The number of methoxy groups -OCH3 is 4. The Bertz CT molecular complexity index is 810. The van der Waals surface area contributed by atoms with Crippen LogP contribution in [0.5, 0.6) is 23.0 Å². The standard InChI is InChI=1S/C22H30N2O5/c1-24(12-10-16-6-9-19(27-3)21(14-16)29-5)13-11-22(25)23-18-8-7-17(26-2)15-20(18)28-4/h6-9,14-15H,10-13H2,1-5H3,(H,23,25)/p+1. The molecule has 1 unspecified atom stereocenters. The van der Waals surface area contributed by atoms with Gasteiger partial charge in [-0.2, -0.15) is 0 Å². The Morgan fingerprint density at radius 2 is 1.59 bits per heavy atom. The van der Waals surface area contributed by atoms with Crippen LogP contribution in [0.25, 0.3) is 0 Å². The number of likely N-dealkylation sites (N-methyl/N-ethyl adjacent to an activating group) is 1. The van der Waals surface area contributed by atoms with Crippen LogP contribution in [0, 0.1) is 0 Å². The van der Waals surface area contributed by atoms with Gasteiger partial charge in [0.05, 0.1) is 60.7 Å². The fourth-order valence-electron chi connectivity index (χ4n) is 2.96. The highest BCUT2D eigenvalue weighted by atomic mass is 16.5. The highest BCUT2D eigenvalue weighted by Gasteiger charge is 2.12. The lowest BCUT2D eigenvalue weighted by atomic mass is 10.1. The number of carbonyl (C=O) groups excluding carboxylic acids is 1. The molecule has 2 aromatic rings. The van der Waals surface area contributed by atoms with Crippen LogP contribution in [0.3, 0.4) is 0 Å². The monoisotopic (exact) mass is 403 g/mol. The first-order valence-electron chi connectivity index (χ1n) is 9.54. The van der Waals surface area contributed by atoms with Crippen molar-refractivity contribution in [1.82, 2.24) is 0 Å². The quantitative estimate of drug-likeness (QED) is 0.599. The van der Waals surface area contributed by atoms with E-state index in [9.17, 15) is 4.79 Å². The van der Waals surface area contributed by atoms with Crippen molar-refractivity contribution in [3.8, 4) is 23.0 Å². The number of rotatable bonds is 11. The normalized spacial score (nSPS) is 11.5. The Morgan fingerprint density at radius 1 is 0.862 bits per heavy atom. The summed E-state index contributed by atoms with van der Waals surface area (Å²) in [6.07, 6.45) is 1.31. The molecule has 0 radical (unpaired) electrons. The van der Waals surface area contributed by atoms with E-state index in [-0.39, 0.29) is 5.91 Å². The Hall–Kier alpha value is -2.93. The van der Waals surface area contributed by atoms with Gasteiger partial charge in [-0.1, -0.05) is 6.07 Å². The SMILES string of the molecule is COc1ccc(NC(=O)CC[NH+](C)CCc2ccc(OC)c(OC)c2)c(OC)c1. The maximum absolute atomic E-state index is 12.3. The van der Waals surface area contributed by atoms with Crippen molar-refractivity contribution in [1.29, 1.82) is 0 Å². The van der Waals surface area contributed by atoms with Crippen molar-refractivity contribution in [3.63, 3.8) is 0 Å². The van der Waals surface area contributed by atoms with E-state index in [1.165, 1.54) is 10.5 Å². The second-order valence-electron chi connectivity index (χ2n) is 6.76. The third-order valence-corrected chi connectivity index (χ3v) is 4.75. The summed E-state index contributed by atoms with van der Waals surface area (Å²) >= 11 is 0. The molecule has 158 valence electrons. The van der Waals surface area contributed by atoms with Crippen molar-refractivity contribution < 1.29 is 28.6 Å². The summed E-state index contributed by atoms with van der Waals surface area (Å²) < 4.78 is 21.1. The molecule has 0 spiro atoms. The minimum atomic E-state index is -0.0427. The first-order valence-corrected chi connectivity index (χ1v) is 9.54. The maximum atomic E-state index is 12.3. The summed E-state index contributed by atoms with van der Waals surface area (Å²) in [5.41, 5.74) is 1.82. The van der Waals surface area contributed by atoms with E-state index in [4.69, 9.17) is 18.9 Å². The van der Waals surface area contributed by atoms with Crippen LogP contribution in [0.4, 0.5) is 5.69 Å². The molecule has 29 heavy (non-hydrogen) atoms. The Labute approximate surface area is 172 Å². The highest BCUT2D eigenvalue weighted by molar-refractivity contribution is 5.92. The Kier molecular flexibility index (Phi) is 8.61. The van der Waals surface area contributed by atoms with Crippen LogP contribution in [0.15, 0.2) is 36.4 Å². The number of benzene rings is 2. The lowest BCUT2D eigenvalue weighted by Gasteiger charge is -2.15. The molecule has 0 aliphatic rings. The van der Waals surface area contributed by atoms with Crippen LogP contribution >= 0.6 is 0 Å². The van der Waals surface area contributed by atoms with E-state index in [1.807, 2.05) is 18.2 Å². The summed E-state index contributed by atoms with van der Waals surface area (Å²) in [6, 6.07) is 11.3. The molecule has 0 aliphatic heterocycles. The molecule has 2 rings (SSSR count). The Balaban J connectivity index is 1.82. The lowest BCUT2D eigenvalue weighted by molar-refractivity contribution is -0.878. The highest BCUT2D eigenvalue weighted by Crippen LogP contribution is 2.29. The van der Waals surface area contributed by atoms with E-state index < -0.39 is 0 Å². The average molecular weight is 403 g/mol. The summed E-state index contributed by atoms with van der Waals surface area (Å²) in [5, 5.41) is 2.91. The summed E-state index contributed by atoms with van der Waals surface area (Å²) in [7, 11) is 8.50. The average Bonchev–Trinajstić information content (AvgIpc) is 2.76. The number of hydrogen-bond acceptors (Lipinski definition) is 5. The molecule has 0 bridgehead atoms. The predicted molar refractivity (Wildman–Crippen MR) is 113 cm³/mol. The van der Waals surface area contributed by atoms with Gasteiger partial charge >= 0.3 is 0 Å². The first kappa shape index (κ1) is 22.4. The molecule has 0 fully saturated rings. The van der Waals surface area contributed by atoms with Crippen LogP contribution in [0.2, 0.25) is 0 Å². The van der Waals surface area contributed by atoms with Gasteiger partial charge in [0.2, 0.25) is 5.91 Å². The number of carbonyl (C=O) groups is 1. The van der Waals surface area contributed by atoms with Gasteiger partial charge in [-0.15, -0.1) is 0 Å². The van der Waals surface area contributed by atoms with Crippen molar-refractivity contribution in [2.24, 2.45) is 0 Å². The van der Waals surface area contributed by atoms with E-state index in [1.54, 1.807) is 46.6 Å². The smallest absolute Gasteiger partial charge is 0.230 e. The molecule has 0 heterocycles. The van der Waals surface area contributed by atoms with Crippen molar-refractivity contribution in [3.05, 3.63) is 42.0 Å². The summed E-state index contributed by atoms with van der Waals surface area (Å²) in [6.45, 7) is 1.65. The van der Waals surface area contributed by atoms with E-state index >= 15 is 0 Å². The molecule has 7 heteroatoms. The second kappa shape index (κ2) is 11.2. The van der Waals surface area contributed by atoms with Crippen LogP contribution < -0.4 is 29.2 Å². The number of hydrogen-bond donors (Lipinski definition) is 2. The number of ether oxygens (including phenoxy) is 4. The van der Waals surface area contributed by atoms with Gasteiger partial charge in [-0.05, 0) is 29.8 Å². The molecule has 2 aromatic carbocycles. The topological polar surface area (TPSA) is 70.5 Å². The van der Waals surface area contributed by atoms with Crippen LogP contribution in [-0.4, -0.2) is 54.5 Å². The number of amides is 1. The van der Waals surface area contributed by atoms with Crippen molar-refractivity contribution >= 4 is 11.6 Å². The zero-order chi connectivity index (χ0) is 21.2. The molecular formula is C22H31N2O5+. The predicted octanol–water partition coefficient (Wildman–Crippen LogP) is 1.81. The summed E-state index contributed by atoms with van der Waals surface area (Å²) in [4.78, 5) is 13.6. The molecular weight excluding hydrogens is 372 g/mol. The van der Waals surface area contributed by atoms with Gasteiger partial charge in [0, 0.05) is 12.5 Å². The summed E-state index contributed by atoms with van der Waals surface area (Å²) in [5.74, 6) is 2.67. The van der Waals surface area contributed by atoms with E-state index in [0.717, 1.165) is 31.0 Å². The van der Waals surface area contributed by atoms with Crippen molar-refractivity contribution in [2.75, 3.05) is 53.9 Å². The van der Waals surface area contributed by atoms with Gasteiger partial charge in [-0.3, -0.25) is 4.79 Å². The molecule has 2 N–H and O–H groups in total. The maximum Gasteiger partial charge on any atom is 0.230 e. The molecule has 1 amide bonds. The molecule has 0 saturated carbocycles. The zero-order valence-electron chi connectivity index (χ0n) is 17.8. The number of anilines is 1. The number of quaternary nitrogens is 1. The van der Waals surface area contributed by atoms with Gasteiger partial charge < -0.3 is 29.2 Å². The first-order chi connectivity index (χ1) is 14.0. The molecule has 1 atom stereocenters. The largest absolute Gasteiger partial charge is 0.497 e. The van der Waals surface area contributed by atoms with Crippen molar-refractivity contribution in [2.45, 2.75) is 12.8 Å². The Morgan fingerprint density at radius 3 is 2.24 bits per heavy atom. The van der Waals surface area contributed by atoms with E-state index in [2.05, 4.69) is 12.4 Å². The molecule has 7 nitrogen and oxygen atoms in total.